The summed E-state index contributed by atoms with van der Waals surface area (Å²) in [6.07, 6.45) is -0.489. The summed E-state index contributed by atoms with van der Waals surface area (Å²) in [5.41, 5.74) is 7.09. The smallest absolute Gasteiger partial charge is 0.252 e. The summed E-state index contributed by atoms with van der Waals surface area (Å²) in [5, 5.41) is 0. The van der Waals surface area contributed by atoms with Crippen molar-refractivity contribution in [2.75, 3.05) is 14.1 Å². The number of rotatable bonds is 3. The molecule has 2 N–H and O–H groups in total. The van der Waals surface area contributed by atoms with Crippen LogP contribution in [-0.2, 0) is 12.1 Å². The van der Waals surface area contributed by atoms with E-state index >= 15 is 0 Å². The first-order valence-corrected chi connectivity index (χ1v) is 5.72. The van der Waals surface area contributed by atoms with Gasteiger partial charge in [-0.1, -0.05) is 24.3 Å². The van der Waals surface area contributed by atoms with E-state index in [1.54, 1.807) is 0 Å². The van der Waals surface area contributed by atoms with Gasteiger partial charge in [0.25, 0.3) is 5.92 Å². The molecule has 0 aliphatic heterocycles. The standard InChI is InChI=1S/C13H18F2N2/c1-17(2)7-10-4-3-5-11(6-10)12(16)8-13(14,15)9-12/h3-6H,7-9,16H2,1-2H3. The second-order valence-electron chi connectivity index (χ2n) is 5.30. The van der Waals surface area contributed by atoms with Gasteiger partial charge < -0.3 is 10.6 Å². The Morgan fingerprint density at radius 1 is 1.29 bits per heavy atom. The van der Waals surface area contributed by atoms with Gasteiger partial charge in [0.05, 0.1) is 5.54 Å². The minimum Gasteiger partial charge on any atom is -0.321 e. The minimum atomic E-state index is -2.59. The Kier molecular flexibility index (Phi) is 2.96. The molecule has 17 heavy (non-hydrogen) atoms. The highest BCUT2D eigenvalue weighted by Crippen LogP contribution is 2.49. The van der Waals surface area contributed by atoms with E-state index in [-0.39, 0.29) is 12.8 Å². The summed E-state index contributed by atoms with van der Waals surface area (Å²) >= 11 is 0. The predicted octanol–water partition coefficient (Wildman–Crippen LogP) is 2.33. The number of benzene rings is 1. The average Bonchev–Trinajstić information content (AvgIpc) is 2.13. The summed E-state index contributed by atoms with van der Waals surface area (Å²) < 4.78 is 25.9. The van der Waals surface area contributed by atoms with Gasteiger partial charge in [-0.3, -0.25) is 0 Å². The van der Waals surface area contributed by atoms with Gasteiger partial charge in [0, 0.05) is 19.4 Å². The average molecular weight is 240 g/mol. The van der Waals surface area contributed by atoms with E-state index in [0.717, 1.165) is 17.7 Å². The summed E-state index contributed by atoms with van der Waals surface area (Å²) in [6.45, 7) is 0.792. The zero-order valence-corrected chi connectivity index (χ0v) is 10.2. The second kappa shape index (κ2) is 4.03. The van der Waals surface area contributed by atoms with E-state index in [9.17, 15) is 8.78 Å². The molecule has 1 saturated carbocycles. The highest BCUT2D eigenvalue weighted by Gasteiger charge is 2.55. The van der Waals surface area contributed by atoms with E-state index < -0.39 is 11.5 Å². The van der Waals surface area contributed by atoms with Crippen LogP contribution in [0.3, 0.4) is 0 Å². The summed E-state index contributed by atoms with van der Waals surface area (Å²) in [6, 6.07) is 7.66. The van der Waals surface area contributed by atoms with E-state index in [2.05, 4.69) is 0 Å². The third-order valence-electron chi connectivity index (χ3n) is 3.15. The molecule has 1 aliphatic carbocycles. The summed E-state index contributed by atoms with van der Waals surface area (Å²) in [5.74, 6) is -2.59. The van der Waals surface area contributed by atoms with Crippen LogP contribution >= 0.6 is 0 Å². The quantitative estimate of drug-likeness (QED) is 0.878. The van der Waals surface area contributed by atoms with Crippen LogP contribution in [0, 0.1) is 0 Å². The molecule has 2 nitrogen and oxygen atoms in total. The maximum Gasteiger partial charge on any atom is 0.252 e. The van der Waals surface area contributed by atoms with Crippen LogP contribution in [-0.4, -0.2) is 24.9 Å². The fraction of sp³-hybridized carbons (Fsp3) is 0.538. The van der Waals surface area contributed by atoms with Crippen molar-refractivity contribution in [3.8, 4) is 0 Å². The van der Waals surface area contributed by atoms with E-state index in [1.807, 2.05) is 43.3 Å². The largest absolute Gasteiger partial charge is 0.321 e. The number of alkyl halides is 2. The zero-order valence-electron chi connectivity index (χ0n) is 10.2. The fourth-order valence-electron chi connectivity index (χ4n) is 2.42. The molecule has 0 amide bonds. The number of nitrogens with zero attached hydrogens (tertiary/aromatic N) is 1. The van der Waals surface area contributed by atoms with Crippen LogP contribution < -0.4 is 5.73 Å². The lowest BCUT2D eigenvalue weighted by Crippen LogP contribution is -2.55. The topological polar surface area (TPSA) is 29.3 Å². The molecule has 4 heteroatoms. The van der Waals surface area contributed by atoms with E-state index in [4.69, 9.17) is 5.73 Å². The summed E-state index contributed by atoms with van der Waals surface area (Å²) in [7, 11) is 3.95. The Labute approximate surface area is 100 Å². The SMILES string of the molecule is CN(C)Cc1cccc(C2(N)CC(F)(F)C2)c1. The Bertz CT molecular complexity index is 408. The lowest BCUT2D eigenvalue weighted by Gasteiger charge is -2.45. The van der Waals surface area contributed by atoms with Crippen molar-refractivity contribution in [3.05, 3.63) is 35.4 Å². The molecule has 0 saturated heterocycles. The van der Waals surface area contributed by atoms with Crippen LogP contribution in [0.5, 0.6) is 0 Å². The van der Waals surface area contributed by atoms with Gasteiger partial charge in [0.1, 0.15) is 0 Å². The van der Waals surface area contributed by atoms with Gasteiger partial charge in [-0.15, -0.1) is 0 Å². The molecular formula is C13H18F2N2. The van der Waals surface area contributed by atoms with Crippen LogP contribution in [0.25, 0.3) is 0 Å². The molecule has 94 valence electrons. The van der Waals surface area contributed by atoms with Gasteiger partial charge in [0.15, 0.2) is 0 Å². The zero-order chi connectivity index (χ0) is 12.7. The number of halogens is 2. The predicted molar refractivity (Wildman–Crippen MR) is 63.9 cm³/mol. The van der Waals surface area contributed by atoms with Crippen molar-refractivity contribution in [1.29, 1.82) is 0 Å². The van der Waals surface area contributed by atoms with Crippen molar-refractivity contribution in [2.45, 2.75) is 30.8 Å². The van der Waals surface area contributed by atoms with Crippen LogP contribution in [0.1, 0.15) is 24.0 Å². The molecule has 0 unspecified atom stereocenters. The van der Waals surface area contributed by atoms with Gasteiger partial charge in [-0.2, -0.15) is 0 Å². The number of hydrogen-bond acceptors (Lipinski definition) is 2. The Balaban J connectivity index is 2.17. The van der Waals surface area contributed by atoms with E-state index in [0.29, 0.717) is 0 Å². The maximum absolute atomic E-state index is 12.9. The molecule has 2 rings (SSSR count). The third kappa shape index (κ3) is 2.64. The van der Waals surface area contributed by atoms with Crippen molar-refractivity contribution in [3.63, 3.8) is 0 Å². The minimum absolute atomic E-state index is 0.245. The van der Waals surface area contributed by atoms with Crippen molar-refractivity contribution in [1.82, 2.24) is 4.90 Å². The van der Waals surface area contributed by atoms with Gasteiger partial charge >= 0.3 is 0 Å². The Morgan fingerprint density at radius 2 is 1.94 bits per heavy atom. The van der Waals surface area contributed by atoms with Crippen LogP contribution in [0.15, 0.2) is 24.3 Å². The molecule has 0 heterocycles. The monoisotopic (exact) mass is 240 g/mol. The summed E-state index contributed by atoms with van der Waals surface area (Å²) in [4.78, 5) is 2.04. The molecule has 0 spiro atoms. The van der Waals surface area contributed by atoms with Gasteiger partial charge in [-0.25, -0.2) is 8.78 Å². The molecule has 1 aliphatic rings. The molecule has 0 aromatic heterocycles. The first-order valence-electron chi connectivity index (χ1n) is 5.72. The maximum atomic E-state index is 12.9. The molecular weight excluding hydrogens is 222 g/mol. The lowest BCUT2D eigenvalue weighted by molar-refractivity contribution is -0.125. The van der Waals surface area contributed by atoms with Crippen LogP contribution in [0.2, 0.25) is 0 Å². The Morgan fingerprint density at radius 3 is 2.47 bits per heavy atom. The molecule has 0 atom stereocenters. The van der Waals surface area contributed by atoms with Gasteiger partial charge in [0.2, 0.25) is 0 Å². The highest BCUT2D eigenvalue weighted by atomic mass is 19.3. The third-order valence-corrected chi connectivity index (χ3v) is 3.15. The first-order chi connectivity index (χ1) is 7.81. The first kappa shape index (κ1) is 12.5. The van der Waals surface area contributed by atoms with Crippen molar-refractivity contribution in [2.24, 2.45) is 5.73 Å². The fourth-order valence-corrected chi connectivity index (χ4v) is 2.42. The molecule has 1 aromatic rings. The molecule has 1 fully saturated rings. The van der Waals surface area contributed by atoms with Crippen LogP contribution in [0.4, 0.5) is 8.78 Å². The number of hydrogen-bond donors (Lipinski definition) is 1. The molecule has 0 bridgehead atoms. The highest BCUT2D eigenvalue weighted by molar-refractivity contribution is 5.32. The van der Waals surface area contributed by atoms with E-state index in [1.165, 1.54) is 0 Å². The van der Waals surface area contributed by atoms with Crippen molar-refractivity contribution < 1.29 is 8.78 Å². The lowest BCUT2D eigenvalue weighted by atomic mass is 9.69. The van der Waals surface area contributed by atoms with Gasteiger partial charge in [-0.05, 0) is 25.2 Å². The molecule has 0 radical (unpaired) electrons. The van der Waals surface area contributed by atoms with Crippen molar-refractivity contribution >= 4 is 0 Å². The second-order valence-corrected chi connectivity index (χ2v) is 5.30. The normalized spacial score (nSPS) is 21.3. The Hall–Kier alpha value is -1.00. The molecule has 1 aromatic carbocycles. The number of nitrogens with two attached hydrogens (primary N) is 1.